The minimum Gasteiger partial charge on any atom is -0.490 e. The molecule has 1 amide bonds. The lowest BCUT2D eigenvalue weighted by molar-refractivity contribution is -0.118. The Morgan fingerprint density at radius 3 is 2.79 bits per heavy atom. The first-order valence-corrected chi connectivity index (χ1v) is 9.83. The van der Waals surface area contributed by atoms with Crippen LogP contribution in [0.5, 0.6) is 11.5 Å². The van der Waals surface area contributed by atoms with Crippen LogP contribution in [0.3, 0.4) is 0 Å². The van der Waals surface area contributed by atoms with E-state index in [0.717, 1.165) is 19.3 Å². The molecule has 0 saturated heterocycles. The van der Waals surface area contributed by atoms with Crippen LogP contribution in [0, 0.1) is 29.6 Å². The van der Waals surface area contributed by atoms with Gasteiger partial charge in [0.05, 0.1) is 11.6 Å². The molecule has 0 unspecified atom stereocenters. The van der Waals surface area contributed by atoms with Crippen LogP contribution in [0.4, 0.5) is 0 Å². The number of hydrogen-bond acceptors (Lipinski definition) is 4. The minimum atomic E-state index is -0.372. The average Bonchev–Trinajstić information content (AvgIpc) is 2.67. The standard InChI is InChI=1S/C22H25ClN2O3/c1-4-10-28-21-18(23)12-16(13-20(21)27-5-2)11-17(14-24)22(26)25-19-9-7-6-8-15(19)3/h1,11-13,15,19H,5-10H2,2-3H3,(H,25,26)/b17-11+/t15-,19-/m1/s1. The highest BCUT2D eigenvalue weighted by Crippen LogP contribution is 2.37. The second kappa shape index (κ2) is 10.6. The summed E-state index contributed by atoms with van der Waals surface area (Å²) < 4.78 is 11.0. The van der Waals surface area contributed by atoms with Crippen LogP contribution in [0.2, 0.25) is 5.02 Å². The molecule has 0 aliphatic heterocycles. The van der Waals surface area contributed by atoms with Crippen LogP contribution in [-0.2, 0) is 4.79 Å². The molecule has 0 aromatic heterocycles. The maximum Gasteiger partial charge on any atom is 0.262 e. The molecule has 0 spiro atoms. The number of amides is 1. The molecule has 0 bridgehead atoms. The predicted molar refractivity (Wildman–Crippen MR) is 110 cm³/mol. The summed E-state index contributed by atoms with van der Waals surface area (Å²) in [5.41, 5.74) is 0.596. The number of terminal acetylenes is 1. The molecular formula is C22H25ClN2O3. The van der Waals surface area contributed by atoms with Gasteiger partial charge in [0.1, 0.15) is 18.2 Å². The van der Waals surface area contributed by atoms with E-state index in [0.29, 0.717) is 34.6 Å². The highest BCUT2D eigenvalue weighted by molar-refractivity contribution is 6.32. The molecule has 1 aliphatic rings. The van der Waals surface area contributed by atoms with Crippen molar-refractivity contribution in [3.8, 4) is 29.9 Å². The summed E-state index contributed by atoms with van der Waals surface area (Å²) in [6, 6.07) is 5.37. The number of benzene rings is 1. The molecule has 1 N–H and O–H groups in total. The van der Waals surface area contributed by atoms with Gasteiger partial charge in [0.25, 0.3) is 5.91 Å². The van der Waals surface area contributed by atoms with Crippen molar-refractivity contribution in [2.75, 3.05) is 13.2 Å². The van der Waals surface area contributed by atoms with Gasteiger partial charge in [-0.2, -0.15) is 5.26 Å². The Labute approximate surface area is 171 Å². The predicted octanol–water partition coefficient (Wildman–Crippen LogP) is 4.35. The van der Waals surface area contributed by atoms with Crippen molar-refractivity contribution < 1.29 is 14.3 Å². The topological polar surface area (TPSA) is 71.3 Å². The van der Waals surface area contributed by atoms with Gasteiger partial charge in [0.2, 0.25) is 0 Å². The average molecular weight is 401 g/mol. The second-order valence-electron chi connectivity index (χ2n) is 6.77. The van der Waals surface area contributed by atoms with Crippen molar-refractivity contribution in [2.24, 2.45) is 5.92 Å². The zero-order valence-corrected chi connectivity index (χ0v) is 17.0. The van der Waals surface area contributed by atoms with Crippen molar-refractivity contribution >= 4 is 23.6 Å². The molecule has 28 heavy (non-hydrogen) atoms. The molecule has 2 atom stereocenters. The van der Waals surface area contributed by atoms with Gasteiger partial charge in [-0.1, -0.05) is 37.3 Å². The number of rotatable bonds is 7. The second-order valence-corrected chi connectivity index (χ2v) is 7.17. The molecule has 1 aromatic rings. The number of nitrogens with one attached hydrogen (secondary N) is 1. The van der Waals surface area contributed by atoms with Gasteiger partial charge in [0, 0.05) is 6.04 Å². The molecule has 2 rings (SSSR count). The van der Waals surface area contributed by atoms with Crippen molar-refractivity contribution in [1.29, 1.82) is 5.26 Å². The zero-order valence-electron chi connectivity index (χ0n) is 16.3. The summed E-state index contributed by atoms with van der Waals surface area (Å²) in [5, 5.41) is 12.8. The number of carbonyl (C=O) groups excluding carboxylic acids is 1. The van der Waals surface area contributed by atoms with E-state index in [2.05, 4.69) is 18.2 Å². The Balaban J connectivity index is 2.26. The van der Waals surface area contributed by atoms with E-state index in [1.807, 2.05) is 13.0 Å². The third-order valence-corrected chi connectivity index (χ3v) is 5.02. The smallest absolute Gasteiger partial charge is 0.262 e. The molecule has 1 saturated carbocycles. The first-order chi connectivity index (χ1) is 13.5. The van der Waals surface area contributed by atoms with E-state index in [1.54, 1.807) is 12.1 Å². The van der Waals surface area contributed by atoms with Gasteiger partial charge in [-0.3, -0.25) is 4.79 Å². The van der Waals surface area contributed by atoms with Crippen LogP contribution in [0.15, 0.2) is 17.7 Å². The quantitative estimate of drug-likeness (QED) is 0.419. The Morgan fingerprint density at radius 1 is 1.39 bits per heavy atom. The van der Waals surface area contributed by atoms with Crippen molar-refractivity contribution in [1.82, 2.24) is 5.32 Å². The molecule has 6 heteroatoms. The van der Waals surface area contributed by atoms with Gasteiger partial charge < -0.3 is 14.8 Å². The molecule has 1 aliphatic carbocycles. The number of carbonyl (C=O) groups is 1. The zero-order chi connectivity index (χ0) is 20.5. The maximum atomic E-state index is 12.6. The summed E-state index contributed by atoms with van der Waals surface area (Å²) >= 11 is 6.30. The Kier molecular flexibility index (Phi) is 8.23. The number of nitriles is 1. The maximum absolute atomic E-state index is 12.6. The summed E-state index contributed by atoms with van der Waals surface area (Å²) in [7, 11) is 0. The van der Waals surface area contributed by atoms with E-state index in [1.165, 1.54) is 12.5 Å². The van der Waals surface area contributed by atoms with Crippen molar-refractivity contribution in [2.45, 2.75) is 45.6 Å². The minimum absolute atomic E-state index is 0.0218. The van der Waals surface area contributed by atoms with Crippen LogP contribution in [0.1, 0.15) is 45.1 Å². The molecule has 148 valence electrons. The monoisotopic (exact) mass is 400 g/mol. The number of hydrogen-bond donors (Lipinski definition) is 1. The molecule has 1 fully saturated rings. The lowest BCUT2D eigenvalue weighted by Gasteiger charge is -2.29. The fourth-order valence-corrected chi connectivity index (χ4v) is 3.55. The van der Waals surface area contributed by atoms with E-state index in [9.17, 15) is 10.1 Å². The summed E-state index contributed by atoms with van der Waals surface area (Å²) in [6.07, 6.45) is 11.0. The van der Waals surface area contributed by atoms with Crippen LogP contribution < -0.4 is 14.8 Å². The first-order valence-electron chi connectivity index (χ1n) is 9.45. The fraction of sp³-hybridized carbons (Fsp3) is 0.455. The van der Waals surface area contributed by atoms with E-state index < -0.39 is 0 Å². The van der Waals surface area contributed by atoms with Crippen LogP contribution in [0.25, 0.3) is 6.08 Å². The van der Waals surface area contributed by atoms with Gasteiger partial charge in [-0.15, -0.1) is 6.42 Å². The molecule has 0 heterocycles. The Morgan fingerprint density at radius 2 is 2.14 bits per heavy atom. The Bertz CT molecular complexity index is 820. The SMILES string of the molecule is C#CCOc1c(Cl)cc(/C=C(\C#N)C(=O)N[C@@H]2CCCC[C@H]2C)cc1OCC. The highest BCUT2D eigenvalue weighted by Gasteiger charge is 2.24. The van der Waals surface area contributed by atoms with E-state index >= 15 is 0 Å². The third-order valence-electron chi connectivity index (χ3n) is 4.74. The molecule has 5 nitrogen and oxygen atoms in total. The van der Waals surface area contributed by atoms with Crippen molar-refractivity contribution in [3.05, 3.63) is 28.3 Å². The molecular weight excluding hydrogens is 376 g/mol. The molecule has 0 radical (unpaired) electrons. The number of nitrogens with zero attached hydrogens (tertiary/aromatic N) is 1. The van der Waals surface area contributed by atoms with Crippen molar-refractivity contribution in [3.63, 3.8) is 0 Å². The summed E-state index contributed by atoms with van der Waals surface area (Å²) in [6.45, 7) is 4.42. The first kappa shape index (κ1) is 21.7. The van der Waals surface area contributed by atoms with Gasteiger partial charge >= 0.3 is 0 Å². The number of ether oxygens (including phenoxy) is 2. The normalized spacial score (nSPS) is 19.2. The number of halogens is 1. The summed E-state index contributed by atoms with van der Waals surface area (Å²) in [5.74, 6) is 3.17. The largest absolute Gasteiger partial charge is 0.490 e. The van der Waals surface area contributed by atoms with Crippen LogP contribution >= 0.6 is 11.6 Å². The highest BCUT2D eigenvalue weighted by atomic mass is 35.5. The van der Waals surface area contributed by atoms with Crippen LogP contribution in [-0.4, -0.2) is 25.2 Å². The Hall–Kier alpha value is -2.63. The van der Waals surface area contributed by atoms with E-state index in [-0.39, 0.29) is 24.1 Å². The van der Waals surface area contributed by atoms with E-state index in [4.69, 9.17) is 27.5 Å². The van der Waals surface area contributed by atoms with Gasteiger partial charge in [-0.05, 0) is 49.5 Å². The molecule has 1 aromatic carbocycles. The lowest BCUT2D eigenvalue weighted by atomic mass is 9.86. The third kappa shape index (κ3) is 5.68. The van der Waals surface area contributed by atoms with Gasteiger partial charge in [-0.25, -0.2) is 0 Å². The summed E-state index contributed by atoms with van der Waals surface area (Å²) in [4.78, 5) is 12.6. The van der Waals surface area contributed by atoms with Gasteiger partial charge in [0.15, 0.2) is 11.5 Å². The lowest BCUT2D eigenvalue weighted by Crippen LogP contribution is -2.41. The fourth-order valence-electron chi connectivity index (χ4n) is 3.28.